The molecule has 0 saturated carbocycles. The third-order valence-corrected chi connectivity index (χ3v) is 2.93. The van der Waals surface area contributed by atoms with Gasteiger partial charge in [0, 0.05) is 11.1 Å². The average Bonchev–Trinajstić information content (AvgIpc) is 2.24. The van der Waals surface area contributed by atoms with Gasteiger partial charge < -0.3 is 5.32 Å². The van der Waals surface area contributed by atoms with Gasteiger partial charge in [-0.3, -0.25) is 0 Å². The first-order valence-corrected chi connectivity index (χ1v) is 6.05. The lowest BCUT2D eigenvalue weighted by Crippen LogP contribution is -2.27. The highest BCUT2D eigenvalue weighted by molar-refractivity contribution is 6.30. The van der Waals surface area contributed by atoms with Gasteiger partial charge in [-0.15, -0.1) is 6.58 Å². The number of hydrogen-bond donors (Lipinski definition) is 1. The Balaban J connectivity index is 2.52. The van der Waals surface area contributed by atoms with E-state index in [4.69, 9.17) is 11.6 Å². The summed E-state index contributed by atoms with van der Waals surface area (Å²) in [5.74, 6) is 0. The van der Waals surface area contributed by atoms with Crippen LogP contribution < -0.4 is 5.32 Å². The summed E-state index contributed by atoms with van der Waals surface area (Å²) < 4.78 is 0. The molecular formula is C14H20ClN. The lowest BCUT2D eigenvalue weighted by Gasteiger charge is -2.16. The Kier molecular flexibility index (Phi) is 5.58. The summed E-state index contributed by atoms with van der Waals surface area (Å²) in [6.07, 6.45) is 3.22. The van der Waals surface area contributed by atoms with Gasteiger partial charge in [-0.05, 0) is 50.9 Å². The highest BCUT2D eigenvalue weighted by Crippen LogP contribution is 2.14. The van der Waals surface area contributed by atoms with Crippen LogP contribution in [0.15, 0.2) is 36.4 Å². The number of hydrogen-bond acceptors (Lipinski definition) is 1. The minimum atomic E-state index is 0.496. The van der Waals surface area contributed by atoms with Crippen molar-refractivity contribution >= 4 is 11.6 Å². The summed E-state index contributed by atoms with van der Waals surface area (Å²) in [7, 11) is 2.01. The number of likely N-dealkylation sites (N-methyl/N-ethyl adjacent to an activating group) is 1. The Hall–Kier alpha value is -0.790. The van der Waals surface area contributed by atoms with Gasteiger partial charge in [0.25, 0.3) is 0 Å². The molecule has 0 fully saturated rings. The molecule has 0 aliphatic carbocycles. The molecule has 0 radical (unpaired) electrons. The van der Waals surface area contributed by atoms with E-state index in [9.17, 15) is 0 Å². The molecule has 1 nitrogen and oxygen atoms in total. The van der Waals surface area contributed by atoms with E-state index in [0.717, 1.165) is 24.3 Å². The Bertz CT molecular complexity index is 346. The Labute approximate surface area is 104 Å². The average molecular weight is 238 g/mol. The monoisotopic (exact) mass is 237 g/mol. The summed E-state index contributed by atoms with van der Waals surface area (Å²) in [6.45, 7) is 6.01. The molecule has 0 aromatic heterocycles. The van der Waals surface area contributed by atoms with Crippen molar-refractivity contribution in [2.75, 3.05) is 7.05 Å². The molecule has 2 heteroatoms. The van der Waals surface area contributed by atoms with Gasteiger partial charge in [0.15, 0.2) is 0 Å². The second-order valence-corrected chi connectivity index (χ2v) is 4.75. The van der Waals surface area contributed by atoms with Crippen molar-refractivity contribution in [3.8, 4) is 0 Å². The van der Waals surface area contributed by atoms with Crippen LogP contribution in [0.5, 0.6) is 0 Å². The van der Waals surface area contributed by atoms with Crippen molar-refractivity contribution in [2.24, 2.45) is 0 Å². The van der Waals surface area contributed by atoms with Gasteiger partial charge in [-0.25, -0.2) is 0 Å². The maximum Gasteiger partial charge on any atom is 0.0408 e. The van der Waals surface area contributed by atoms with E-state index >= 15 is 0 Å². The van der Waals surface area contributed by atoms with Gasteiger partial charge in [0.05, 0.1) is 0 Å². The van der Waals surface area contributed by atoms with Gasteiger partial charge in [-0.1, -0.05) is 29.3 Å². The molecule has 88 valence electrons. The van der Waals surface area contributed by atoms with Crippen molar-refractivity contribution in [2.45, 2.75) is 32.2 Å². The fourth-order valence-electron chi connectivity index (χ4n) is 1.72. The fraction of sp³-hybridized carbons (Fsp3) is 0.429. The number of halogens is 1. The Morgan fingerprint density at radius 1 is 1.50 bits per heavy atom. The summed E-state index contributed by atoms with van der Waals surface area (Å²) >= 11 is 5.96. The van der Waals surface area contributed by atoms with Gasteiger partial charge >= 0.3 is 0 Å². The molecule has 1 aromatic rings. The number of allylic oxidation sites excluding steroid dienone is 1. The van der Waals surface area contributed by atoms with Gasteiger partial charge in [0.1, 0.15) is 0 Å². The number of benzene rings is 1. The van der Waals surface area contributed by atoms with E-state index in [0.29, 0.717) is 6.04 Å². The molecule has 0 aliphatic heterocycles. The van der Waals surface area contributed by atoms with Crippen LogP contribution in [0.25, 0.3) is 0 Å². The second-order valence-electron chi connectivity index (χ2n) is 4.32. The smallest absolute Gasteiger partial charge is 0.0408 e. The molecule has 0 spiro atoms. The molecule has 1 aromatic carbocycles. The first-order chi connectivity index (χ1) is 7.61. The molecule has 1 atom stereocenters. The number of nitrogens with one attached hydrogen (secondary N) is 1. The van der Waals surface area contributed by atoms with E-state index < -0.39 is 0 Å². The summed E-state index contributed by atoms with van der Waals surface area (Å²) in [5, 5.41) is 4.15. The first-order valence-electron chi connectivity index (χ1n) is 5.68. The topological polar surface area (TPSA) is 12.0 Å². The van der Waals surface area contributed by atoms with Crippen LogP contribution in [0.1, 0.15) is 25.3 Å². The van der Waals surface area contributed by atoms with Crippen molar-refractivity contribution in [3.05, 3.63) is 47.0 Å². The van der Waals surface area contributed by atoms with Gasteiger partial charge in [0.2, 0.25) is 0 Å². The molecule has 1 rings (SSSR count). The Morgan fingerprint density at radius 2 is 2.25 bits per heavy atom. The molecular weight excluding hydrogens is 218 g/mol. The summed E-state index contributed by atoms with van der Waals surface area (Å²) in [6, 6.07) is 8.57. The number of rotatable bonds is 6. The fourth-order valence-corrected chi connectivity index (χ4v) is 1.93. The second kappa shape index (κ2) is 6.72. The SMILES string of the molecule is C=C(C)CCC(Cc1cccc(Cl)c1)NC. The van der Waals surface area contributed by atoms with Crippen molar-refractivity contribution in [1.82, 2.24) is 5.32 Å². The van der Waals surface area contributed by atoms with Crippen LogP contribution in [-0.4, -0.2) is 13.1 Å². The predicted molar refractivity (Wildman–Crippen MR) is 72.1 cm³/mol. The van der Waals surface area contributed by atoms with Crippen LogP contribution in [-0.2, 0) is 6.42 Å². The predicted octanol–water partition coefficient (Wildman–Crippen LogP) is 3.83. The van der Waals surface area contributed by atoms with Crippen molar-refractivity contribution in [1.29, 1.82) is 0 Å². The van der Waals surface area contributed by atoms with Crippen LogP contribution >= 0.6 is 11.6 Å². The third-order valence-electron chi connectivity index (χ3n) is 2.70. The molecule has 1 unspecified atom stereocenters. The molecule has 0 heterocycles. The third kappa shape index (κ3) is 4.82. The van der Waals surface area contributed by atoms with E-state index in [1.807, 2.05) is 25.2 Å². The van der Waals surface area contributed by atoms with Crippen LogP contribution in [0.3, 0.4) is 0 Å². The molecule has 0 saturated heterocycles. The normalized spacial score (nSPS) is 12.4. The van der Waals surface area contributed by atoms with E-state index in [1.165, 1.54) is 11.1 Å². The minimum absolute atomic E-state index is 0.496. The lowest BCUT2D eigenvalue weighted by molar-refractivity contribution is 0.519. The van der Waals surface area contributed by atoms with Crippen molar-refractivity contribution in [3.63, 3.8) is 0 Å². The molecule has 16 heavy (non-hydrogen) atoms. The maximum atomic E-state index is 5.96. The maximum absolute atomic E-state index is 5.96. The first kappa shape index (κ1) is 13.3. The molecule has 1 N–H and O–H groups in total. The van der Waals surface area contributed by atoms with Crippen LogP contribution in [0, 0.1) is 0 Å². The zero-order chi connectivity index (χ0) is 12.0. The van der Waals surface area contributed by atoms with Crippen LogP contribution in [0.2, 0.25) is 5.02 Å². The zero-order valence-electron chi connectivity index (χ0n) is 10.1. The summed E-state index contributed by atoms with van der Waals surface area (Å²) in [4.78, 5) is 0. The van der Waals surface area contributed by atoms with E-state index in [2.05, 4.69) is 24.9 Å². The Morgan fingerprint density at radius 3 is 2.81 bits per heavy atom. The highest BCUT2D eigenvalue weighted by atomic mass is 35.5. The standard InChI is InChI=1S/C14H20ClN/c1-11(2)7-8-14(16-3)10-12-5-4-6-13(15)9-12/h4-6,9,14,16H,1,7-8,10H2,2-3H3. The molecule has 0 amide bonds. The van der Waals surface area contributed by atoms with Gasteiger partial charge in [-0.2, -0.15) is 0 Å². The molecule has 0 bridgehead atoms. The lowest BCUT2D eigenvalue weighted by atomic mass is 10.0. The largest absolute Gasteiger partial charge is 0.317 e. The van der Waals surface area contributed by atoms with Crippen molar-refractivity contribution < 1.29 is 0 Å². The van der Waals surface area contributed by atoms with E-state index in [1.54, 1.807) is 0 Å². The van der Waals surface area contributed by atoms with E-state index in [-0.39, 0.29) is 0 Å². The zero-order valence-corrected chi connectivity index (χ0v) is 10.8. The minimum Gasteiger partial charge on any atom is -0.317 e. The molecule has 0 aliphatic rings. The highest BCUT2D eigenvalue weighted by Gasteiger charge is 2.07. The van der Waals surface area contributed by atoms with Crippen LogP contribution in [0.4, 0.5) is 0 Å². The summed E-state index contributed by atoms with van der Waals surface area (Å²) in [5.41, 5.74) is 2.53. The quantitative estimate of drug-likeness (QED) is 0.742.